The van der Waals surface area contributed by atoms with Crippen molar-refractivity contribution >= 4 is 16.9 Å². The lowest BCUT2D eigenvalue weighted by Gasteiger charge is -2.18. The molecule has 0 saturated heterocycles. The van der Waals surface area contributed by atoms with Gasteiger partial charge in [-0.15, -0.1) is 0 Å². The van der Waals surface area contributed by atoms with E-state index in [1.807, 2.05) is 50.6 Å². The standard InChI is InChI=1S/C21H27N3O2/c1-4-5-10-19-20(17-9-6-7-11-18(17)26-19)21(25)23(3)13-8-14-24-15-12-22-16(24)2/h6-7,9,11-12,15H,4-5,8,10,13-14H2,1-3H3. The number of hydrogen-bond donors (Lipinski definition) is 0. The molecule has 0 atom stereocenters. The number of furan rings is 1. The summed E-state index contributed by atoms with van der Waals surface area (Å²) in [4.78, 5) is 19.1. The highest BCUT2D eigenvalue weighted by Crippen LogP contribution is 2.28. The number of carbonyl (C=O) groups is 1. The van der Waals surface area contributed by atoms with E-state index < -0.39 is 0 Å². The van der Waals surface area contributed by atoms with Crippen LogP contribution >= 0.6 is 0 Å². The lowest BCUT2D eigenvalue weighted by Crippen LogP contribution is -2.29. The molecule has 0 bridgehead atoms. The average molecular weight is 353 g/mol. The molecule has 0 unspecified atom stereocenters. The van der Waals surface area contributed by atoms with E-state index in [1.54, 1.807) is 4.90 Å². The van der Waals surface area contributed by atoms with Gasteiger partial charge in [-0.05, 0) is 25.8 Å². The average Bonchev–Trinajstić information content (AvgIpc) is 3.22. The van der Waals surface area contributed by atoms with E-state index in [9.17, 15) is 4.79 Å². The molecule has 1 aromatic carbocycles. The summed E-state index contributed by atoms with van der Waals surface area (Å²) in [6.45, 7) is 5.70. The number of nitrogens with zero attached hydrogens (tertiary/aromatic N) is 3. The van der Waals surface area contributed by atoms with Gasteiger partial charge in [0.05, 0.1) is 5.56 Å². The molecule has 1 amide bonds. The first kappa shape index (κ1) is 18.2. The van der Waals surface area contributed by atoms with Crippen molar-refractivity contribution in [2.75, 3.05) is 13.6 Å². The van der Waals surface area contributed by atoms with Crippen molar-refractivity contribution in [2.45, 2.75) is 46.1 Å². The Hall–Kier alpha value is -2.56. The first-order chi connectivity index (χ1) is 12.6. The first-order valence-electron chi connectivity index (χ1n) is 9.35. The lowest BCUT2D eigenvalue weighted by atomic mass is 10.1. The van der Waals surface area contributed by atoms with Gasteiger partial charge in [0.25, 0.3) is 5.91 Å². The number of hydrogen-bond acceptors (Lipinski definition) is 3. The summed E-state index contributed by atoms with van der Waals surface area (Å²) in [7, 11) is 1.87. The number of para-hydroxylation sites is 1. The minimum absolute atomic E-state index is 0.0448. The number of rotatable bonds is 8. The van der Waals surface area contributed by atoms with Crippen LogP contribution in [0.5, 0.6) is 0 Å². The molecule has 0 radical (unpaired) electrons. The monoisotopic (exact) mass is 353 g/mol. The molecule has 5 nitrogen and oxygen atoms in total. The molecule has 0 fully saturated rings. The van der Waals surface area contributed by atoms with Crippen molar-refractivity contribution in [2.24, 2.45) is 0 Å². The molecule has 3 aromatic rings. The van der Waals surface area contributed by atoms with Crippen molar-refractivity contribution in [1.29, 1.82) is 0 Å². The van der Waals surface area contributed by atoms with Gasteiger partial charge in [-0.2, -0.15) is 0 Å². The number of aryl methyl sites for hydroxylation is 3. The maximum atomic E-state index is 13.1. The van der Waals surface area contributed by atoms with Crippen LogP contribution in [0.25, 0.3) is 11.0 Å². The molecule has 0 saturated carbocycles. The van der Waals surface area contributed by atoms with Crippen LogP contribution in [0.4, 0.5) is 0 Å². The van der Waals surface area contributed by atoms with Crippen LogP contribution in [0.15, 0.2) is 41.1 Å². The summed E-state index contributed by atoms with van der Waals surface area (Å²) in [5.41, 5.74) is 1.53. The van der Waals surface area contributed by atoms with E-state index in [0.29, 0.717) is 6.54 Å². The summed E-state index contributed by atoms with van der Waals surface area (Å²) in [5, 5.41) is 0.918. The minimum Gasteiger partial charge on any atom is -0.460 e. The number of amides is 1. The third-order valence-corrected chi connectivity index (χ3v) is 4.80. The van der Waals surface area contributed by atoms with Crippen LogP contribution < -0.4 is 0 Å². The fourth-order valence-electron chi connectivity index (χ4n) is 3.25. The number of benzene rings is 1. The number of unbranched alkanes of at least 4 members (excludes halogenated alkanes) is 1. The predicted molar refractivity (Wildman–Crippen MR) is 103 cm³/mol. The highest BCUT2D eigenvalue weighted by atomic mass is 16.3. The second-order valence-corrected chi connectivity index (χ2v) is 6.75. The Bertz CT molecular complexity index is 878. The van der Waals surface area contributed by atoms with Gasteiger partial charge in [0, 0.05) is 44.3 Å². The molecule has 0 spiro atoms. The van der Waals surface area contributed by atoms with E-state index in [0.717, 1.165) is 60.3 Å². The number of imidazole rings is 1. The molecule has 0 aliphatic carbocycles. The Morgan fingerprint density at radius 2 is 2.08 bits per heavy atom. The third-order valence-electron chi connectivity index (χ3n) is 4.80. The number of carbonyl (C=O) groups excluding carboxylic acids is 1. The van der Waals surface area contributed by atoms with Crippen LogP contribution in [0.2, 0.25) is 0 Å². The van der Waals surface area contributed by atoms with Gasteiger partial charge in [-0.3, -0.25) is 4.79 Å². The van der Waals surface area contributed by atoms with E-state index in [1.165, 1.54) is 0 Å². The number of fused-ring (bicyclic) bond motifs is 1. The van der Waals surface area contributed by atoms with E-state index >= 15 is 0 Å². The SMILES string of the molecule is CCCCc1oc2ccccc2c1C(=O)N(C)CCCn1ccnc1C. The summed E-state index contributed by atoms with van der Waals surface area (Å²) in [5.74, 6) is 1.86. The molecular weight excluding hydrogens is 326 g/mol. The van der Waals surface area contributed by atoms with Crippen LogP contribution in [-0.4, -0.2) is 34.0 Å². The summed E-state index contributed by atoms with van der Waals surface area (Å²) in [6, 6.07) is 7.81. The minimum atomic E-state index is 0.0448. The highest BCUT2D eigenvalue weighted by molar-refractivity contribution is 6.07. The zero-order valence-electron chi connectivity index (χ0n) is 15.9. The summed E-state index contributed by atoms with van der Waals surface area (Å²) >= 11 is 0. The third kappa shape index (κ3) is 3.82. The molecule has 138 valence electrons. The second kappa shape index (κ2) is 8.21. The second-order valence-electron chi connectivity index (χ2n) is 6.75. The quantitative estimate of drug-likeness (QED) is 0.601. The normalized spacial score (nSPS) is 11.2. The predicted octanol–water partition coefficient (Wildman–Crippen LogP) is 4.44. The Kier molecular flexibility index (Phi) is 5.76. The van der Waals surface area contributed by atoms with Crippen LogP contribution in [-0.2, 0) is 13.0 Å². The Morgan fingerprint density at radius 1 is 1.27 bits per heavy atom. The van der Waals surface area contributed by atoms with E-state index in [2.05, 4.69) is 16.5 Å². The molecule has 26 heavy (non-hydrogen) atoms. The molecule has 0 aliphatic heterocycles. The van der Waals surface area contributed by atoms with Crippen LogP contribution in [0, 0.1) is 6.92 Å². The molecule has 5 heteroatoms. The van der Waals surface area contributed by atoms with Gasteiger partial charge in [-0.25, -0.2) is 4.98 Å². The zero-order valence-corrected chi connectivity index (χ0v) is 15.9. The summed E-state index contributed by atoms with van der Waals surface area (Å²) in [6.07, 6.45) is 7.56. The van der Waals surface area contributed by atoms with Gasteiger partial charge in [0.1, 0.15) is 17.2 Å². The molecule has 0 N–H and O–H groups in total. The zero-order chi connectivity index (χ0) is 18.5. The Labute approximate surface area is 154 Å². The lowest BCUT2D eigenvalue weighted by molar-refractivity contribution is 0.0791. The maximum absolute atomic E-state index is 13.1. The van der Waals surface area contributed by atoms with E-state index in [-0.39, 0.29) is 5.91 Å². The summed E-state index contributed by atoms with van der Waals surface area (Å²) < 4.78 is 8.10. The van der Waals surface area contributed by atoms with Gasteiger partial charge < -0.3 is 13.9 Å². The topological polar surface area (TPSA) is 51.3 Å². The molecular formula is C21H27N3O2. The Morgan fingerprint density at radius 3 is 2.81 bits per heavy atom. The van der Waals surface area contributed by atoms with Gasteiger partial charge in [0.15, 0.2) is 0 Å². The van der Waals surface area contributed by atoms with Crippen LogP contribution in [0.3, 0.4) is 0 Å². The van der Waals surface area contributed by atoms with E-state index in [4.69, 9.17) is 4.42 Å². The highest BCUT2D eigenvalue weighted by Gasteiger charge is 2.22. The molecule has 2 aromatic heterocycles. The van der Waals surface area contributed by atoms with Crippen molar-refractivity contribution < 1.29 is 9.21 Å². The largest absolute Gasteiger partial charge is 0.460 e. The van der Waals surface area contributed by atoms with Crippen molar-refractivity contribution in [3.63, 3.8) is 0 Å². The van der Waals surface area contributed by atoms with Gasteiger partial charge in [0.2, 0.25) is 0 Å². The maximum Gasteiger partial charge on any atom is 0.257 e. The van der Waals surface area contributed by atoms with Crippen molar-refractivity contribution in [3.8, 4) is 0 Å². The fourth-order valence-corrected chi connectivity index (χ4v) is 3.25. The fraction of sp³-hybridized carbons (Fsp3) is 0.429. The smallest absolute Gasteiger partial charge is 0.257 e. The number of aromatic nitrogens is 2. The van der Waals surface area contributed by atoms with Crippen LogP contribution in [0.1, 0.15) is 48.1 Å². The van der Waals surface area contributed by atoms with Crippen molar-refractivity contribution in [1.82, 2.24) is 14.5 Å². The van der Waals surface area contributed by atoms with Gasteiger partial charge >= 0.3 is 0 Å². The Balaban J connectivity index is 1.74. The van der Waals surface area contributed by atoms with Gasteiger partial charge in [-0.1, -0.05) is 31.5 Å². The first-order valence-corrected chi connectivity index (χ1v) is 9.35. The molecule has 3 rings (SSSR count). The molecule has 2 heterocycles. The van der Waals surface area contributed by atoms with Crippen molar-refractivity contribution in [3.05, 3.63) is 53.8 Å². The molecule has 0 aliphatic rings.